The summed E-state index contributed by atoms with van der Waals surface area (Å²) in [5.41, 5.74) is 1.39. The highest BCUT2D eigenvalue weighted by atomic mass is 32.1. The molecular formula is C11H15N5OS. The highest BCUT2D eigenvalue weighted by Gasteiger charge is 2.26. The molecule has 0 bridgehead atoms. The van der Waals surface area contributed by atoms with Crippen LogP contribution in [0, 0.1) is 6.92 Å². The molecule has 0 spiro atoms. The molecular weight excluding hydrogens is 250 g/mol. The van der Waals surface area contributed by atoms with E-state index in [1.807, 2.05) is 27.7 Å². The molecule has 1 amide bonds. The van der Waals surface area contributed by atoms with E-state index in [-0.39, 0.29) is 11.3 Å². The van der Waals surface area contributed by atoms with Crippen molar-refractivity contribution in [1.29, 1.82) is 0 Å². The minimum atomic E-state index is -0.206. The second kappa shape index (κ2) is 4.49. The fourth-order valence-corrected chi connectivity index (χ4v) is 2.25. The summed E-state index contributed by atoms with van der Waals surface area (Å²) in [6, 6.07) is 0. The van der Waals surface area contributed by atoms with Crippen LogP contribution in [-0.2, 0) is 5.41 Å². The summed E-state index contributed by atoms with van der Waals surface area (Å²) >= 11 is 1.10. The minimum Gasteiger partial charge on any atom is -0.306 e. The van der Waals surface area contributed by atoms with Crippen molar-refractivity contribution in [1.82, 2.24) is 19.8 Å². The first-order valence-electron chi connectivity index (χ1n) is 5.53. The van der Waals surface area contributed by atoms with Gasteiger partial charge in [-0.05, 0) is 18.5 Å². The lowest BCUT2D eigenvalue weighted by Gasteiger charge is -2.15. The van der Waals surface area contributed by atoms with Gasteiger partial charge in [-0.15, -0.1) is 5.10 Å². The van der Waals surface area contributed by atoms with Gasteiger partial charge in [0.1, 0.15) is 10.7 Å². The van der Waals surface area contributed by atoms with Crippen LogP contribution in [0.15, 0.2) is 6.20 Å². The number of nitrogens with one attached hydrogen (secondary N) is 2. The molecule has 0 aliphatic heterocycles. The summed E-state index contributed by atoms with van der Waals surface area (Å²) in [5.74, 6) is 0.399. The van der Waals surface area contributed by atoms with Crippen LogP contribution >= 0.6 is 11.5 Å². The summed E-state index contributed by atoms with van der Waals surface area (Å²) in [4.78, 5) is 12.7. The number of hydrogen-bond acceptors (Lipinski definition) is 5. The third-order valence-electron chi connectivity index (χ3n) is 2.47. The number of aromatic amines is 1. The predicted octanol–water partition coefficient (Wildman–Crippen LogP) is 2.12. The molecule has 96 valence electrons. The van der Waals surface area contributed by atoms with Gasteiger partial charge in [0, 0.05) is 11.0 Å². The Hall–Kier alpha value is -1.76. The van der Waals surface area contributed by atoms with Gasteiger partial charge < -0.3 is 5.32 Å². The van der Waals surface area contributed by atoms with Gasteiger partial charge in [-0.2, -0.15) is 5.10 Å². The summed E-state index contributed by atoms with van der Waals surface area (Å²) in [6.07, 6.45) is 1.66. The quantitative estimate of drug-likeness (QED) is 0.871. The number of anilines is 1. The maximum atomic E-state index is 12.2. The highest BCUT2D eigenvalue weighted by molar-refractivity contribution is 7.08. The second-order valence-electron chi connectivity index (χ2n) is 5.08. The van der Waals surface area contributed by atoms with E-state index in [1.54, 1.807) is 6.20 Å². The van der Waals surface area contributed by atoms with Crippen LogP contribution in [0.1, 0.15) is 41.7 Å². The average molecular weight is 265 g/mol. The van der Waals surface area contributed by atoms with Crippen LogP contribution in [-0.4, -0.2) is 25.7 Å². The summed E-state index contributed by atoms with van der Waals surface area (Å²) in [5, 5.41) is 13.4. The van der Waals surface area contributed by atoms with Crippen molar-refractivity contribution < 1.29 is 4.79 Å². The fourth-order valence-electron chi connectivity index (χ4n) is 1.47. The zero-order valence-corrected chi connectivity index (χ0v) is 11.6. The number of carbonyl (C=O) groups excluding carboxylic acids is 1. The number of hydrogen-bond donors (Lipinski definition) is 2. The Balaban J connectivity index is 2.25. The van der Waals surface area contributed by atoms with Crippen LogP contribution in [0.25, 0.3) is 0 Å². The van der Waals surface area contributed by atoms with Gasteiger partial charge in [0.15, 0.2) is 0 Å². The molecule has 2 heterocycles. The van der Waals surface area contributed by atoms with E-state index < -0.39 is 0 Å². The molecule has 2 aromatic rings. The van der Waals surface area contributed by atoms with Gasteiger partial charge in [-0.3, -0.25) is 9.89 Å². The van der Waals surface area contributed by atoms with E-state index in [2.05, 4.69) is 25.1 Å². The summed E-state index contributed by atoms with van der Waals surface area (Å²) in [7, 11) is 0. The van der Waals surface area contributed by atoms with E-state index in [1.165, 1.54) is 0 Å². The van der Waals surface area contributed by atoms with Gasteiger partial charge in [0.2, 0.25) is 0 Å². The first-order valence-corrected chi connectivity index (χ1v) is 6.31. The lowest BCUT2D eigenvalue weighted by molar-refractivity contribution is 0.102. The van der Waals surface area contributed by atoms with Gasteiger partial charge in [-0.25, -0.2) is 0 Å². The van der Waals surface area contributed by atoms with Crippen molar-refractivity contribution in [3.63, 3.8) is 0 Å². The van der Waals surface area contributed by atoms with Crippen LogP contribution in [0.4, 0.5) is 5.82 Å². The molecule has 0 unspecified atom stereocenters. The molecule has 18 heavy (non-hydrogen) atoms. The van der Waals surface area contributed by atoms with Crippen LogP contribution in [0.2, 0.25) is 0 Å². The maximum Gasteiger partial charge on any atom is 0.270 e. The van der Waals surface area contributed by atoms with Gasteiger partial charge in [0.25, 0.3) is 5.91 Å². The first kappa shape index (κ1) is 12.7. The van der Waals surface area contributed by atoms with Gasteiger partial charge in [-0.1, -0.05) is 25.3 Å². The molecule has 0 saturated carbocycles. The van der Waals surface area contributed by atoms with Gasteiger partial charge in [0.05, 0.1) is 11.9 Å². The van der Waals surface area contributed by atoms with E-state index in [4.69, 9.17) is 0 Å². The number of rotatable bonds is 2. The summed E-state index contributed by atoms with van der Waals surface area (Å²) < 4.78 is 3.87. The Kier molecular flexibility index (Phi) is 3.16. The standard InChI is InChI=1S/C11H15N5OS/c1-6-5-12-15-9(6)13-10(17)7-8(11(2,3)4)14-16-18-7/h5H,1-4H3,(H2,12,13,15,17). The average Bonchev–Trinajstić information content (AvgIpc) is 2.86. The molecule has 2 N–H and O–H groups in total. The molecule has 0 aromatic carbocycles. The van der Waals surface area contributed by atoms with Gasteiger partial charge >= 0.3 is 0 Å². The second-order valence-corrected chi connectivity index (χ2v) is 5.84. The van der Waals surface area contributed by atoms with Crippen LogP contribution in [0.5, 0.6) is 0 Å². The number of amides is 1. The highest BCUT2D eigenvalue weighted by Crippen LogP contribution is 2.26. The lowest BCUT2D eigenvalue weighted by Crippen LogP contribution is -2.20. The van der Waals surface area contributed by atoms with Crippen molar-refractivity contribution in [2.24, 2.45) is 0 Å². The van der Waals surface area contributed by atoms with Crippen molar-refractivity contribution in [2.75, 3.05) is 5.32 Å². The molecule has 0 atom stereocenters. The number of aromatic nitrogens is 4. The molecule has 7 heteroatoms. The Morgan fingerprint density at radius 2 is 2.17 bits per heavy atom. The molecule has 0 radical (unpaired) electrons. The van der Waals surface area contributed by atoms with Crippen molar-refractivity contribution in [3.05, 3.63) is 22.3 Å². The zero-order chi connectivity index (χ0) is 13.3. The maximum absolute atomic E-state index is 12.2. The normalized spacial score (nSPS) is 11.6. The summed E-state index contributed by atoms with van der Waals surface area (Å²) in [6.45, 7) is 7.88. The Morgan fingerprint density at radius 3 is 2.72 bits per heavy atom. The number of carbonyl (C=O) groups is 1. The molecule has 0 aliphatic rings. The molecule has 0 fully saturated rings. The van der Waals surface area contributed by atoms with Crippen LogP contribution < -0.4 is 5.32 Å². The third-order valence-corrected chi connectivity index (χ3v) is 3.20. The number of nitrogens with zero attached hydrogens (tertiary/aromatic N) is 3. The smallest absolute Gasteiger partial charge is 0.270 e. The van der Waals surface area contributed by atoms with E-state index in [0.717, 1.165) is 17.1 Å². The zero-order valence-electron chi connectivity index (χ0n) is 10.7. The van der Waals surface area contributed by atoms with E-state index in [9.17, 15) is 4.79 Å². The van der Waals surface area contributed by atoms with Crippen molar-refractivity contribution in [3.8, 4) is 0 Å². The first-order chi connectivity index (χ1) is 8.39. The SMILES string of the molecule is Cc1cn[nH]c1NC(=O)c1snnc1C(C)(C)C. The van der Waals surface area contributed by atoms with E-state index in [0.29, 0.717) is 16.4 Å². The number of aryl methyl sites for hydroxylation is 1. The predicted molar refractivity (Wildman–Crippen MR) is 69.9 cm³/mol. The van der Waals surface area contributed by atoms with Crippen molar-refractivity contribution in [2.45, 2.75) is 33.1 Å². The lowest BCUT2D eigenvalue weighted by atomic mass is 9.91. The number of H-pyrrole nitrogens is 1. The Morgan fingerprint density at radius 1 is 1.44 bits per heavy atom. The topological polar surface area (TPSA) is 83.6 Å². The minimum absolute atomic E-state index is 0.206. The molecule has 0 saturated heterocycles. The van der Waals surface area contributed by atoms with Crippen LogP contribution in [0.3, 0.4) is 0 Å². The van der Waals surface area contributed by atoms with E-state index >= 15 is 0 Å². The molecule has 2 aromatic heterocycles. The molecule has 2 rings (SSSR count). The fraction of sp³-hybridized carbons (Fsp3) is 0.455. The monoisotopic (exact) mass is 265 g/mol. The third kappa shape index (κ3) is 2.40. The molecule has 6 nitrogen and oxygen atoms in total. The Labute approximate surface area is 109 Å². The van der Waals surface area contributed by atoms with Crippen molar-refractivity contribution >= 4 is 23.3 Å². The molecule has 0 aliphatic carbocycles. The Bertz CT molecular complexity index is 566. The largest absolute Gasteiger partial charge is 0.306 e.